The summed E-state index contributed by atoms with van der Waals surface area (Å²) in [6.07, 6.45) is 5.61. The van der Waals surface area contributed by atoms with Crippen LogP contribution in [-0.4, -0.2) is 54.0 Å². The number of carboxylic acid groups (broad SMARTS) is 1. The van der Waals surface area contributed by atoms with Gasteiger partial charge in [-0.05, 0) is 30.2 Å². The number of rotatable bonds is 9. The molecule has 0 bridgehead atoms. The molecule has 0 amide bonds. The van der Waals surface area contributed by atoms with Gasteiger partial charge in [-0.1, -0.05) is 38.2 Å². The molecule has 1 atom stereocenters. The molecule has 0 saturated carbocycles. The third-order valence-electron chi connectivity index (χ3n) is 4.50. The van der Waals surface area contributed by atoms with Crippen LogP contribution in [0.15, 0.2) is 42.5 Å². The highest BCUT2D eigenvalue weighted by molar-refractivity contribution is 7.92. The monoisotopic (exact) mass is 463 g/mol. The summed E-state index contributed by atoms with van der Waals surface area (Å²) in [5, 5.41) is 18.4. The van der Waals surface area contributed by atoms with Crippen molar-refractivity contribution < 1.29 is 27.8 Å². The average Bonchev–Trinajstić information content (AvgIpc) is 2.69. The molecule has 1 aromatic heterocycles. The molecule has 10 heteroatoms. The van der Waals surface area contributed by atoms with E-state index in [1.807, 2.05) is 13.8 Å². The van der Waals surface area contributed by atoms with Crippen LogP contribution in [0, 0.1) is 5.82 Å². The molecular weight excluding hydrogens is 437 g/mol. The Labute approximate surface area is 186 Å². The summed E-state index contributed by atoms with van der Waals surface area (Å²) in [5.41, 5.74) is 2.13. The Morgan fingerprint density at radius 2 is 1.81 bits per heavy atom. The molecule has 172 valence electrons. The topological polar surface area (TPSA) is 121 Å². The van der Waals surface area contributed by atoms with Gasteiger partial charge in [0.15, 0.2) is 0 Å². The molecule has 1 unspecified atom stereocenters. The SMILES string of the molecule is CC(C)c1nc(N(C)S(C)(=O)=O)nc(-c2ccc(F)cc2)c1/C=C/C=C/C(O)CC(=O)O. The van der Waals surface area contributed by atoms with Crippen molar-refractivity contribution in [1.29, 1.82) is 0 Å². The Morgan fingerprint density at radius 1 is 1.19 bits per heavy atom. The number of aromatic nitrogens is 2. The van der Waals surface area contributed by atoms with E-state index in [-0.39, 0.29) is 11.9 Å². The maximum Gasteiger partial charge on any atom is 0.306 e. The highest BCUT2D eigenvalue weighted by Gasteiger charge is 2.22. The van der Waals surface area contributed by atoms with Gasteiger partial charge in [-0.3, -0.25) is 4.79 Å². The fraction of sp³-hybridized carbons (Fsp3) is 0.318. The second-order valence-corrected chi connectivity index (χ2v) is 9.49. The van der Waals surface area contributed by atoms with Crippen LogP contribution in [-0.2, 0) is 14.8 Å². The molecule has 0 aliphatic rings. The van der Waals surface area contributed by atoms with Gasteiger partial charge in [-0.15, -0.1) is 0 Å². The van der Waals surface area contributed by atoms with Gasteiger partial charge in [0.25, 0.3) is 0 Å². The molecular formula is C22H26FN3O5S. The number of aliphatic hydroxyl groups excluding tert-OH is 1. The third-order valence-corrected chi connectivity index (χ3v) is 5.66. The maximum atomic E-state index is 13.5. The van der Waals surface area contributed by atoms with Gasteiger partial charge in [0.2, 0.25) is 16.0 Å². The normalized spacial score (nSPS) is 13.2. The van der Waals surface area contributed by atoms with Crippen LogP contribution in [0.1, 0.15) is 37.4 Å². The van der Waals surface area contributed by atoms with E-state index in [1.54, 1.807) is 12.2 Å². The summed E-state index contributed by atoms with van der Waals surface area (Å²) in [6.45, 7) is 3.79. The summed E-state index contributed by atoms with van der Waals surface area (Å²) >= 11 is 0. The lowest BCUT2D eigenvalue weighted by Crippen LogP contribution is -2.27. The van der Waals surface area contributed by atoms with E-state index in [4.69, 9.17) is 5.11 Å². The van der Waals surface area contributed by atoms with E-state index in [1.165, 1.54) is 43.5 Å². The molecule has 32 heavy (non-hydrogen) atoms. The predicted molar refractivity (Wildman–Crippen MR) is 121 cm³/mol. The Bertz CT molecular complexity index is 1130. The zero-order valence-electron chi connectivity index (χ0n) is 18.2. The summed E-state index contributed by atoms with van der Waals surface area (Å²) in [4.78, 5) is 19.6. The number of hydrogen-bond acceptors (Lipinski definition) is 6. The smallest absolute Gasteiger partial charge is 0.306 e. The van der Waals surface area contributed by atoms with Crippen molar-refractivity contribution in [3.05, 3.63) is 59.6 Å². The van der Waals surface area contributed by atoms with Gasteiger partial charge in [0.05, 0.1) is 30.2 Å². The molecule has 0 spiro atoms. The van der Waals surface area contributed by atoms with E-state index < -0.39 is 34.3 Å². The lowest BCUT2D eigenvalue weighted by molar-refractivity contribution is -0.138. The zero-order chi connectivity index (χ0) is 24.1. The maximum absolute atomic E-state index is 13.5. The summed E-state index contributed by atoms with van der Waals surface area (Å²) in [7, 11) is -2.26. The standard InChI is InChI=1S/C22H26FN3O5S/c1-14(2)20-18(8-6-5-7-17(27)13-19(28)29)21(15-9-11-16(23)12-10-15)25-22(24-20)26(3)32(4,30)31/h5-12,14,17,27H,13H2,1-4H3,(H,28,29)/b7-5+,8-6+. The van der Waals surface area contributed by atoms with Crippen molar-refractivity contribution in [3.8, 4) is 11.3 Å². The second kappa shape index (κ2) is 10.5. The van der Waals surface area contributed by atoms with Crippen LogP contribution >= 0.6 is 0 Å². The molecule has 0 aliphatic carbocycles. The molecule has 2 N–H and O–H groups in total. The summed E-state index contributed by atoms with van der Waals surface area (Å²) < 4.78 is 38.6. The van der Waals surface area contributed by atoms with Crippen molar-refractivity contribution in [2.24, 2.45) is 0 Å². The van der Waals surface area contributed by atoms with Gasteiger partial charge < -0.3 is 10.2 Å². The van der Waals surface area contributed by atoms with Crippen LogP contribution in [0.4, 0.5) is 10.3 Å². The Hall–Kier alpha value is -3.11. The van der Waals surface area contributed by atoms with Crippen LogP contribution in [0.5, 0.6) is 0 Å². The van der Waals surface area contributed by atoms with Gasteiger partial charge in [0, 0.05) is 18.2 Å². The number of benzene rings is 1. The van der Waals surface area contributed by atoms with Gasteiger partial charge >= 0.3 is 5.97 Å². The number of allylic oxidation sites excluding steroid dienone is 2. The first-order valence-electron chi connectivity index (χ1n) is 9.76. The van der Waals surface area contributed by atoms with Crippen molar-refractivity contribution in [2.45, 2.75) is 32.3 Å². The van der Waals surface area contributed by atoms with Crippen molar-refractivity contribution in [3.63, 3.8) is 0 Å². The van der Waals surface area contributed by atoms with Crippen molar-refractivity contribution in [2.75, 3.05) is 17.6 Å². The van der Waals surface area contributed by atoms with Crippen LogP contribution in [0.2, 0.25) is 0 Å². The van der Waals surface area contributed by atoms with E-state index in [0.29, 0.717) is 22.5 Å². The third kappa shape index (κ3) is 6.69. The van der Waals surface area contributed by atoms with E-state index in [0.717, 1.165) is 10.6 Å². The van der Waals surface area contributed by atoms with Crippen molar-refractivity contribution >= 4 is 28.0 Å². The molecule has 0 fully saturated rings. The number of sulfonamides is 1. The second-order valence-electron chi connectivity index (χ2n) is 7.47. The molecule has 2 rings (SSSR count). The lowest BCUT2D eigenvalue weighted by atomic mass is 9.98. The summed E-state index contributed by atoms with van der Waals surface area (Å²) in [5.74, 6) is -1.66. The Morgan fingerprint density at radius 3 is 2.34 bits per heavy atom. The molecule has 1 aromatic carbocycles. The lowest BCUT2D eigenvalue weighted by Gasteiger charge is -2.20. The minimum atomic E-state index is -3.61. The zero-order valence-corrected chi connectivity index (χ0v) is 19.0. The number of carboxylic acids is 1. The summed E-state index contributed by atoms with van der Waals surface area (Å²) in [6, 6.07) is 5.63. The average molecular weight is 464 g/mol. The molecule has 0 radical (unpaired) electrons. The van der Waals surface area contributed by atoms with Gasteiger partial charge in [-0.25, -0.2) is 27.1 Å². The van der Waals surface area contributed by atoms with E-state index >= 15 is 0 Å². The van der Waals surface area contributed by atoms with E-state index in [9.17, 15) is 22.7 Å². The van der Waals surface area contributed by atoms with Gasteiger partial charge in [0.1, 0.15) is 5.82 Å². The Balaban J connectivity index is 2.64. The minimum Gasteiger partial charge on any atom is -0.481 e. The number of halogens is 1. The van der Waals surface area contributed by atoms with Crippen molar-refractivity contribution in [1.82, 2.24) is 9.97 Å². The number of anilines is 1. The first-order chi connectivity index (χ1) is 14.9. The van der Waals surface area contributed by atoms with Crippen LogP contribution in [0.3, 0.4) is 0 Å². The predicted octanol–water partition coefficient (Wildman–Crippen LogP) is 3.21. The largest absolute Gasteiger partial charge is 0.481 e. The highest BCUT2D eigenvalue weighted by Crippen LogP contribution is 2.31. The number of nitrogens with zero attached hydrogens (tertiary/aromatic N) is 3. The quantitative estimate of drug-likeness (QED) is 0.548. The fourth-order valence-electron chi connectivity index (χ4n) is 2.79. The number of hydrogen-bond donors (Lipinski definition) is 2. The van der Waals surface area contributed by atoms with Crippen LogP contribution < -0.4 is 4.31 Å². The molecule has 2 aromatic rings. The Kier molecular flexibility index (Phi) is 8.23. The number of carbonyl (C=O) groups is 1. The molecule has 1 heterocycles. The molecule has 8 nitrogen and oxygen atoms in total. The van der Waals surface area contributed by atoms with E-state index in [2.05, 4.69) is 9.97 Å². The van der Waals surface area contributed by atoms with Crippen LogP contribution in [0.25, 0.3) is 17.3 Å². The minimum absolute atomic E-state index is 0.0138. The first-order valence-corrected chi connectivity index (χ1v) is 11.6. The highest BCUT2D eigenvalue weighted by atomic mass is 32.2. The van der Waals surface area contributed by atoms with Gasteiger partial charge in [-0.2, -0.15) is 0 Å². The number of aliphatic hydroxyl groups is 1. The molecule has 0 aliphatic heterocycles. The number of aliphatic carboxylic acids is 1. The first kappa shape index (κ1) is 25.2. The molecule has 0 saturated heterocycles. The fourth-order valence-corrected chi connectivity index (χ4v) is 3.17.